The van der Waals surface area contributed by atoms with E-state index in [4.69, 9.17) is 4.74 Å². The standard InChI is InChI=1S/C12H23N3OS/c1-5-10(2)15(3)12-14-11(9-17-12)8-13-6-7-16-4/h9-10,13H,5-8H2,1-4H3. The molecule has 0 amide bonds. The predicted octanol–water partition coefficient (Wildman–Crippen LogP) is 2.11. The summed E-state index contributed by atoms with van der Waals surface area (Å²) in [5.41, 5.74) is 1.11. The van der Waals surface area contributed by atoms with Gasteiger partial charge in [0.25, 0.3) is 0 Å². The van der Waals surface area contributed by atoms with Crippen LogP contribution in [0.2, 0.25) is 0 Å². The van der Waals surface area contributed by atoms with E-state index in [-0.39, 0.29) is 0 Å². The van der Waals surface area contributed by atoms with E-state index in [9.17, 15) is 0 Å². The highest BCUT2D eigenvalue weighted by Gasteiger charge is 2.11. The summed E-state index contributed by atoms with van der Waals surface area (Å²) in [5.74, 6) is 0. The monoisotopic (exact) mass is 257 g/mol. The maximum absolute atomic E-state index is 4.98. The molecule has 1 unspecified atom stereocenters. The van der Waals surface area contributed by atoms with E-state index in [2.05, 4.69) is 41.5 Å². The largest absolute Gasteiger partial charge is 0.383 e. The predicted molar refractivity (Wildman–Crippen MR) is 73.9 cm³/mol. The van der Waals surface area contributed by atoms with E-state index in [1.54, 1.807) is 18.4 Å². The Bertz CT molecular complexity index is 316. The maximum Gasteiger partial charge on any atom is 0.185 e. The van der Waals surface area contributed by atoms with Crippen LogP contribution in [0.5, 0.6) is 0 Å². The number of rotatable bonds is 8. The lowest BCUT2D eigenvalue weighted by molar-refractivity contribution is 0.199. The Morgan fingerprint density at radius 1 is 1.59 bits per heavy atom. The van der Waals surface area contributed by atoms with Gasteiger partial charge >= 0.3 is 0 Å². The minimum atomic E-state index is 0.537. The summed E-state index contributed by atoms with van der Waals surface area (Å²) >= 11 is 1.71. The van der Waals surface area contributed by atoms with Gasteiger partial charge in [-0.1, -0.05) is 6.92 Å². The molecule has 0 aliphatic heterocycles. The van der Waals surface area contributed by atoms with E-state index < -0.39 is 0 Å². The minimum absolute atomic E-state index is 0.537. The average molecular weight is 257 g/mol. The normalized spacial score (nSPS) is 12.7. The number of hydrogen-bond donors (Lipinski definition) is 1. The van der Waals surface area contributed by atoms with Gasteiger partial charge in [-0.15, -0.1) is 11.3 Å². The van der Waals surface area contributed by atoms with Gasteiger partial charge in [-0.3, -0.25) is 0 Å². The smallest absolute Gasteiger partial charge is 0.185 e. The highest BCUT2D eigenvalue weighted by Crippen LogP contribution is 2.21. The van der Waals surface area contributed by atoms with Crippen LogP contribution >= 0.6 is 11.3 Å². The van der Waals surface area contributed by atoms with Crippen molar-refractivity contribution in [1.82, 2.24) is 10.3 Å². The van der Waals surface area contributed by atoms with E-state index in [0.717, 1.165) is 36.9 Å². The first-order valence-electron chi connectivity index (χ1n) is 6.06. The molecule has 1 heterocycles. The van der Waals surface area contributed by atoms with Crippen LogP contribution in [0, 0.1) is 0 Å². The molecule has 0 aliphatic rings. The zero-order valence-electron chi connectivity index (χ0n) is 11.2. The van der Waals surface area contributed by atoms with Gasteiger partial charge in [-0.2, -0.15) is 0 Å². The molecule has 0 fully saturated rings. The van der Waals surface area contributed by atoms with Crippen LogP contribution in [-0.4, -0.2) is 38.3 Å². The topological polar surface area (TPSA) is 37.4 Å². The lowest BCUT2D eigenvalue weighted by Crippen LogP contribution is -2.27. The van der Waals surface area contributed by atoms with E-state index >= 15 is 0 Å². The molecule has 4 nitrogen and oxygen atoms in total. The molecule has 17 heavy (non-hydrogen) atoms. The molecule has 1 atom stereocenters. The third-order valence-corrected chi connectivity index (χ3v) is 3.86. The van der Waals surface area contributed by atoms with Gasteiger partial charge < -0.3 is 15.0 Å². The number of ether oxygens (including phenoxy) is 1. The van der Waals surface area contributed by atoms with Crippen LogP contribution < -0.4 is 10.2 Å². The molecule has 5 heteroatoms. The van der Waals surface area contributed by atoms with Crippen molar-refractivity contribution in [3.8, 4) is 0 Å². The highest BCUT2D eigenvalue weighted by molar-refractivity contribution is 7.13. The average Bonchev–Trinajstić information content (AvgIpc) is 2.81. The second-order valence-electron chi connectivity index (χ2n) is 4.16. The van der Waals surface area contributed by atoms with Crippen LogP contribution in [0.1, 0.15) is 26.0 Å². The van der Waals surface area contributed by atoms with Gasteiger partial charge in [0.2, 0.25) is 0 Å². The van der Waals surface area contributed by atoms with Gasteiger partial charge in [-0.05, 0) is 13.3 Å². The number of aromatic nitrogens is 1. The second-order valence-corrected chi connectivity index (χ2v) is 5.00. The van der Waals surface area contributed by atoms with E-state index in [0.29, 0.717) is 6.04 Å². The van der Waals surface area contributed by atoms with Crippen molar-refractivity contribution in [1.29, 1.82) is 0 Å². The number of nitrogens with one attached hydrogen (secondary N) is 1. The fourth-order valence-corrected chi connectivity index (χ4v) is 2.29. The Morgan fingerprint density at radius 3 is 3.00 bits per heavy atom. The lowest BCUT2D eigenvalue weighted by atomic mass is 10.2. The molecular weight excluding hydrogens is 234 g/mol. The third-order valence-electron chi connectivity index (χ3n) is 2.88. The third kappa shape index (κ3) is 4.61. The molecule has 0 aromatic carbocycles. The molecule has 0 radical (unpaired) electrons. The van der Waals surface area contributed by atoms with Crippen molar-refractivity contribution in [2.45, 2.75) is 32.9 Å². The summed E-state index contributed by atoms with van der Waals surface area (Å²) in [4.78, 5) is 6.86. The number of hydrogen-bond acceptors (Lipinski definition) is 5. The van der Waals surface area contributed by atoms with Crippen LogP contribution in [-0.2, 0) is 11.3 Å². The van der Waals surface area contributed by atoms with Gasteiger partial charge in [-0.25, -0.2) is 4.98 Å². The summed E-state index contributed by atoms with van der Waals surface area (Å²) in [7, 11) is 3.82. The summed E-state index contributed by atoms with van der Waals surface area (Å²) in [6.45, 7) is 6.84. The zero-order chi connectivity index (χ0) is 12.7. The Balaban J connectivity index is 2.42. The molecule has 0 bridgehead atoms. The molecule has 1 rings (SSSR count). The molecule has 1 aromatic heterocycles. The Morgan fingerprint density at radius 2 is 2.35 bits per heavy atom. The van der Waals surface area contributed by atoms with Gasteiger partial charge in [0.15, 0.2) is 5.13 Å². The molecule has 0 saturated carbocycles. The molecule has 0 aliphatic carbocycles. The fourth-order valence-electron chi connectivity index (χ4n) is 1.39. The number of methoxy groups -OCH3 is 1. The van der Waals surface area contributed by atoms with Crippen molar-refractivity contribution in [3.05, 3.63) is 11.1 Å². The lowest BCUT2D eigenvalue weighted by Gasteiger charge is -2.22. The van der Waals surface area contributed by atoms with Crippen LogP contribution in [0.4, 0.5) is 5.13 Å². The van der Waals surface area contributed by atoms with Crippen molar-refractivity contribution in [2.75, 3.05) is 32.2 Å². The fraction of sp³-hybridized carbons (Fsp3) is 0.750. The maximum atomic E-state index is 4.98. The van der Waals surface area contributed by atoms with Gasteiger partial charge in [0, 0.05) is 38.7 Å². The molecule has 1 aromatic rings. The number of thiazole rings is 1. The quantitative estimate of drug-likeness (QED) is 0.724. The highest BCUT2D eigenvalue weighted by atomic mass is 32.1. The van der Waals surface area contributed by atoms with Crippen LogP contribution in [0.25, 0.3) is 0 Å². The van der Waals surface area contributed by atoms with E-state index in [1.807, 2.05) is 0 Å². The Hall–Kier alpha value is -0.650. The molecule has 0 saturated heterocycles. The van der Waals surface area contributed by atoms with Crippen molar-refractivity contribution in [3.63, 3.8) is 0 Å². The van der Waals surface area contributed by atoms with Gasteiger partial charge in [0.1, 0.15) is 0 Å². The van der Waals surface area contributed by atoms with E-state index in [1.165, 1.54) is 0 Å². The van der Waals surface area contributed by atoms with Crippen LogP contribution in [0.15, 0.2) is 5.38 Å². The number of nitrogens with zero attached hydrogens (tertiary/aromatic N) is 2. The first kappa shape index (κ1) is 14.4. The molecule has 0 spiro atoms. The SMILES string of the molecule is CCC(C)N(C)c1nc(CNCCOC)cs1. The summed E-state index contributed by atoms with van der Waals surface area (Å²) in [6.07, 6.45) is 1.14. The second kappa shape index (κ2) is 7.63. The van der Waals surface area contributed by atoms with Crippen molar-refractivity contribution >= 4 is 16.5 Å². The van der Waals surface area contributed by atoms with Crippen molar-refractivity contribution < 1.29 is 4.74 Å². The molecular formula is C12H23N3OS. The summed E-state index contributed by atoms with van der Waals surface area (Å²) in [6, 6.07) is 0.537. The zero-order valence-corrected chi connectivity index (χ0v) is 12.0. The minimum Gasteiger partial charge on any atom is -0.383 e. The first-order chi connectivity index (χ1) is 8.19. The number of anilines is 1. The van der Waals surface area contributed by atoms with Gasteiger partial charge in [0.05, 0.1) is 12.3 Å². The Labute approximate surface area is 108 Å². The summed E-state index contributed by atoms with van der Waals surface area (Å²) < 4.78 is 4.98. The first-order valence-corrected chi connectivity index (χ1v) is 6.93. The van der Waals surface area contributed by atoms with Crippen molar-refractivity contribution in [2.24, 2.45) is 0 Å². The Kier molecular flexibility index (Phi) is 6.47. The molecule has 1 N–H and O–H groups in total. The summed E-state index contributed by atoms with van der Waals surface area (Å²) in [5, 5.41) is 6.52. The van der Waals surface area contributed by atoms with Crippen LogP contribution in [0.3, 0.4) is 0 Å². The molecule has 98 valence electrons.